The number of rotatable bonds is 2. The Bertz CT molecular complexity index is 336. The summed E-state index contributed by atoms with van der Waals surface area (Å²) in [7, 11) is 0. The van der Waals surface area contributed by atoms with E-state index >= 15 is 0 Å². The van der Waals surface area contributed by atoms with Crippen LogP contribution in [-0.2, 0) is 0 Å². The van der Waals surface area contributed by atoms with Gasteiger partial charge in [-0.25, -0.2) is 0 Å². The van der Waals surface area contributed by atoms with E-state index in [0.717, 1.165) is 0 Å². The van der Waals surface area contributed by atoms with Crippen molar-refractivity contribution in [2.75, 3.05) is 0 Å². The van der Waals surface area contributed by atoms with E-state index in [-0.39, 0.29) is 11.7 Å². The lowest BCUT2D eigenvalue weighted by molar-refractivity contribution is -0.385. The van der Waals surface area contributed by atoms with Gasteiger partial charge in [0.05, 0.1) is 4.92 Å². The molecule has 0 aromatic carbocycles. The van der Waals surface area contributed by atoms with Crippen molar-refractivity contribution < 1.29 is 4.92 Å². The van der Waals surface area contributed by atoms with Gasteiger partial charge < -0.3 is 5.73 Å². The number of nitrogens with zero attached hydrogens (tertiary/aromatic N) is 2. The number of nitro groups is 1. The van der Waals surface area contributed by atoms with Gasteiger partial charge in [-0.15, -0.1) is 0 Å². The molecule has 1 unspecified atom stereocenters. The van der Waals surface area contributed by atoms with Crippen LogP contribution in [0.2, 0.25) is 0 Å². The molecule has 0 aliphatic heterocycles. The lowest BCUT2D eigenvalue weighted by atomic mass is 10.1. The van der Waals surface area contributed by atoms with Crippen LogP contribution in [0.15, 0.2) is 12.3 Å². The van der Waals surface area contributed by atoms with Crippen LogP contribution in [0.4, 0.5) is 5.69 Å². The second-order valence-electron chi connectivity index (χ2n) is 2.92. The molecule has 0 bridgehead atoms. The van der Waals surface area contributed by atoms with Crippen molar-refractivity contribution in [3.8, 4) is 0 Å². The standard InChI is InChI=1S/C8H11N3O2/c1-5(9)7-3-8(11(12)13)6(2)10-4-7/h3-5H,9H2,1-2H3. The number of aromatic nitrogens is 1. The van der Waals surface area contributed by atoms with Crippen molar-refractivity contribution in [1.82, 2.24) is 4.98 Å². The van der Waals surface area contributed by atoms with E-state index in [1.807, 2.05) is 0 Å². The van der Waals surface area contributed by atoms with Crippen molar-refractivity contribution in [3.05, 3.63) is 33.6 Å². The Kier molecular flexibility index (Phi) is 2.57. The topological polar surface area (TPSA) is 82.0 Å². The van der Waals surface area contributed by atoms with E-state index in [1.54, 1.807) is 20.0 Å². The fourth-order valence-electron chi connectivity index (χ4n) is 0.971. The van der Waals surface area contributed by atoms with Crippen molar-refractivity contribution in [2.45, 2.75) is 19.9 Å². The summed E-state index contributed by atoms with van der Waals surface area (Å²) in [4.78, 5) is 14.0. The summed E-state index contributed by atoms with van der Waals surface area (Å²) in [6, 6.07) is 1.24. The Morgan fingerprint density at radius 2 is 2.31 bits per heavy atom. The van der Waals surface area contributed by atoms with Crippen LogP contribution < -0.4 is 5.73 Å². The van der Waals surface area contributed by atoms with Crippen LogP contribution in [0.3, 0.4) is 0 Å². The van der Waals surface area contributed by atoms with Crippen LogP contribution in [0.25, 0.3) is 0 Å². The Morgan fingerprint density at radius 1 is 1.69 bits per heavy atom. The largest absolute Gasteiger partial charge is 0.324 e. The number of hydrogen-bond donors (Lipinski definition) is 1. The molecule has 0 spiro atoms. The quantitative estimate of drug-likeness (QED) is 0.551. The lowest BCUT2D eigenvalue weighted by Crippen LogP contribution is -2.06. The first-order valence-electron chi connectivity index (χ1n) is 3.89. The van der Waals surface area contributed by atoms with Crippen molar-refractivity contribution in [3.63, 3.8) is 0 Å². The third-order valence-corrected chi connectivity index (χ3v) is 1.80. The predicted octanol–water partition coefficient (Wildman–Crippen LogP) is 1.32. The van der Waals surface area contributed by atoms with Gasteiger partial charge in [0.25, 0.3) is 5.69 Å². The highest BCUT2D eigenvalue weighted by atomic mass is 16.6. The summed E-state index contributed by atoms with van der Waals surface area (Å²) in [6.07, 6.45) is 1.56. The average molecular weight is 181 g/mol. The van der Waals surface area contributed by atoms with E-state index in [0.29, 0.717) is 11.3 Å². The predicted molar refractivity (Wildman–Crippen MR) is 48.2 cm³/mol. The Labute approximate surface area is 75.7 Å². The van der Waals surface area contributed by atoms with Gasteiger partial charge in [-0.05, 0) is 19.4 Å². The molecular formula is C8H11N3O2. The van der Waals surface area contributed by atoms with Crippen LogP contribution >= 0.6 is 0 Å². The van der Waals surface area contributed by atoms with E-state index in [2.05, 4.69) is 4.98 Å². The molecular weight excluding hydrogens is 170 g/mol. The summed E-state index contributed by atoms with van der Waals surface area (Å²) in [5.74, 6) is 0. The summed E-state index contributed by atoms with van der Waals surface area (Å²) in [5.41, 5.74) is 6.68. The Morgan fingerprint density at radius 3 is 2.77 bits per heavy atom. The maximum atomic E-state index is 10.5. The number of nitrogens with two attached hydrogens (primary N) is 1. The fourth-order valence-corrected chi connectivity index (χ4v) is 0.971. The van der Waals surface area contributed by atoms with E-state index in [4.69, 9.17) is 5.73 Å². The first-order valence-corrected chi connectivity index (χ1v) is 3.89. The molecule has 5 nitrogen and oxygen atoms in total. The number of pyridine rings is 1. The first kappa shape index (κ1) is 9.60. The molecule has 0 aliphatic rings. The monoisotopic (exact) mass is 181 g/mol. The van der Waals surface area contributed by atoms with Gasteiger partial charge in [0.2, 0.25) is 0 Å². The second-order valence-corrected chi connectivity index (χ2v) is 2.92. The van der Waals surface area contributed by atoms with Gasteiger partial charge >= 0.3 is 0 Å². The molecule has 0 saturated heterocycles. The minimum Gasteiger partial charge on any atom is -0.324 e. The Hall–Kier alpha value is -1.49. The molecule has 1 aromatic heterocycles. The van der Waals surface area contributed by atoms with E-state index in [1.165, 1.54) is 6.07 Å². The SMILES string of the molecule is Cc1ncc(C(C)N)cc1[N+](=O)[O-]. The van der Waals surface area contributed by atoms with Gasteiger partial charge in [-0.1, -0.05) is 0 Å². The third-order valence-electron chi connectivity index (χ3n) is 1.80. The molecule has 5 heteroatoms. The molecule has 70 valence electrons. The summed E-state index contributed by atoms with van der Waals surface area (Å²) in [5, 5.41) is 10.5. The average Bonchev–Trinajstić information content (AvgIpc) is 2.04. The summed E-state index contributed by atoms with van der Waals surface area (Å²) in [6.45, 7) is 3.36. The van der Waals surface area contributed by atoms with Gasteiger partial charge in [0.1, 0.15) is 5.69 Å². The zero-order chi connectivity index (χ0) is 10.0. The van der Waals surface area contributed by atoms with Crippen molar-refractivity contribution in [2.24, 2.45) is 5.73 Å². The molecule has 1 atom stereocenters. The minimum absolute atomic E-state index is 0.0230. The van der Waals surface area contributed by atoms with Crippen molar-refractivity contribution in [1.29, 1.82) is 0 Å². The smallest absolute Gasteiger partial charge is 0.290 e. The highest BCUT2D eigenvalue weighted by Crippen LogP contribution is 2.19. The molecule has 1 heterocycles. The van der Waals surface area contributed by atoms with Gasteiger partial charge in [0, 0.05) is 18.3 Å². The normalized spacial score (nSPS) is 12.5. The van der Waals surface area contributed by atoms with Gasteiger partial charge in [0.15, 0.2) is 0 Å². The van der Waals surface area contributed by atoms with E-state index < -0.39 is 4.92 Å². The second kappa shape index (κ2) is 3.49. The molecule has 13 heavy (non-hydrogen) atoms. The minimum atomic E-state index is -0.450. The highest BCUT2D eigenvalue weighted by molar-refractivity contribution is 5.37. The van der Waals surface area contributed by atoms with Crippen LogP contribution in [0.5, 0.6) is 0 Å². The number of hydrogen-bond acceptors (Lipinski definition) is 4. The zero-order valence-corrected chi connectivity index (χ0v) is 7.52. The molecule has 0 radical (unpaired) electrons. The summed E-state index contributed by atoms with van der Waals surface area (Å²) >= 11 is 0. The number of aryl methyl sites for hydroxylation is 1. The van der Waals surface area contributed by atoms with Crippen LogP contribution in [-0.4, -0.2) is 9.91 Å². The fraction of sp³-hybridized carbons (Fsp3) is 0.375. The highest BCUT2D eigenvalue weighted by Gasteiger charge is 2.13. The molecule has 0 saturated carbocycles. The Balaban J connectivity index is 3.19. The van der Waals surface area contributed by atoms with E-state index in [9.17, 15) is 10.1 Å². The van der Waals surface area contributed by atoms with Gasteiger partial charge in [-0.3, -0.25) is 15.1 Å². The summed E-state index contributed by atoms with van der Waals surface area (Å²) < 4.78 is 0. The maximum Gasteiger partial charge on any atom is 0.290 e. The third kappa shape index (κ3) is 2.00. The van der Waals surface area contributed by atoms with Crippen molar-refractivity contribution >= 4 is 5.69 Å². The van der Waals surface area contributed by atoms with Crippen LogP contribution in [0, 0.1) is 17.0 Å². The van der Waals surface area contributed by atoms with Gasteiger partial charge in [-0.2, -0.15) is 0 Å². The lowest BCUT2D eigenvalue weighted by Gasteiger charge is -2.04. The molecule has 0 aliphatic carbocycles. The van der Waals surface area contributed by atoms with Crippen LogP contribution in [0.1, 0.15) is 24.2 Å². The molecule has 0 amide bonds. The molecule has 1 rings (SSSR count). The zero-order valence-electron chi connectivity index (χ0n) is 7.52. The molecule has 2 N–H and O–H groups in total. The molecule has 0 fully saturated rings. The molecule has 1 aromatic rings. The maximum absolute atomic E-state index is 10.5. The first-order chi connectivity index (χ1) is 6.02.